The van der Waals surface area contributed by atoms with Crippen molar-refractivity contribution in [3.8, 4) is 22.9 Å². The fourth-order valence-corrected chi connectivity index (χ4v) is 4.15. The Kier molecular flexibility index (Phi) is 4.84. The van der Waals surface area contributed by atoms with Crippen LogP contribution in [0.2, 0.25) is 0 Å². The molecule has 4 heterocycles. The summed E-state index contributed by atoms with van der Waals surface area (Å²) in [6.07, 6.45) is 2.97. The number of amides is 1. The third-order valence-electron chi connectivity index (χ3n) is 5.90. The second-order valence-corrected chi connectivity index (χ2v) is 8.06. The third kappa shape index (κ3) is 3.61. The quantitative estimate of drug-likeness (QED) is 0.416. The lowest BCUT2D eigenvalue weighted by Gasteiger charge is -2.17. The van der Waals surface area contributed by atoms with Crippen LogP contribution >= 0.6 is 0 Å². The summed E-state index contributed by atoms with van der Waals surface area (Å²) < 4.78 is 20.9. The van der Waals surface area contributed by atoms with Gasteiger partial charge in [0.05, 0.1) is 25.0 Å². The van der Waals surface area contributed by atoms with Crippen LogP contribution in [0.25, 0.3) is 22.9 Å². The summed E-state index contributed by atoms with van der Waals surface area (Å²) in [5, 5.41) is 8.59. The van der Waals surface area contributed by atoms with E-state index in [1.165, 1.54) is 18.5 Å². The molecule has 6 rings (SSSR count). The summed E-state index contributed by atoms with van der Waals surface area (Å²) in [7, 11) is 0. The molecule has 0 radical (unpaired) electrons. The highest BCUT2D eigenvalue weighted by molar-refractivity contribution is 6.11. The Morgan fingerprint density at radius 2 is 1.89 bits per heavy atom. The molecule has 0 saturated heterocycles. The highest BCUT2D eigenvalue weighted by Crippen LogP contribution is 2.32. The normalized spacial score (nSPS) is 12.8. The molecule has 0 fully saturated rings. The number of hydrogen-bond acceptors (Lipinski definition) is 7. The standard InChI is InChI=1S/C25H18FN7O2/c26-18-8-4-2-6-16(18)14-33-21(19-9-10-35-31-19)11-20(30-33)24-28-12-22(23(27)29-24)32-13-15-5-1-3-7-17(15)25(32)34/h1-12H,13-14H2,(H2,27,28,29). The molecule has 10 heteroatoms. The highest BCUT2D eigenvalue weighted by atomic mass is 19.1. The van der Waals surface area contributed by atoms with Crippen LogP contribution in [-0.2, 0) is 13.1 Å². The SMILES string of the molecule is Nc1nc(-c2cc(-c3ccon3)n(Cc3ccccc3F)n2)ncc1N1Cc2ccccc2C1=O. The first-order valence-corrected chi connectivity index (χ1v) is 10.8. The van der Waals surface area contributed by atoms with Crippen molar-refractivity contribution in [3.05, 3.63) is 95.6 Å². The molecular weight excluding hydrogens is 449 g/mol. The van der Waals surface area contributed by atoms with Crippen LogP contribution < -0.4 is 10.6 Å². The third-order valence-corrected chi connectivity index (χ3v) is 5.90. The van der Waals surface area contributed by atoms with E-state index < -0.39 is 0 Å². The molecule has 0 atom stereocenters. The number of nitrogens with zero attached hydrogens (tertiary/aromatic N) is 6. The molecule has 9 nitrogen and oxygen atoms in total. The number of carbonyl (C=O) groups excluding carboxylic acids is 1. The fraction of sp³-hybridized carbons (Fsp3) is 0.0800. The summed E-state index contributed by atoms with van der Waals surface area (Å²) in [6, 6.07) is 17.3. The topological polar surface area (TPSA) is 116 Å². The molecule has 1 amide bonds. The minimum Gasteiger partial charge on any atom is -0.382 e. The largest absolute Gasteiger partial charge is 0.382 e. The molecule has 0 aliphatic carbocycles. The Labute approximate surface area is 198 Å². The Morgan fingerprint density at radius 3 is 2.66 bits per heavy atom. The van der Waals surface area contributed by atoms with Gasteiger partial charge >= 0.3 is 0 Å². The summed E-state index contributed by atoms with van der Waals surface area (Å²) >= 11 is 0. The number of carbonyl (C=O) groups is 1. The number of nitrogen functional groups attached to an aromatic ring is 1. The van der Waals surface area contributed by atoms with Crippen molar-refractivity contribution >= 4 is 17.4 Å². The fourth-order valence-electron chi connectivity index (χ4n) is 4.15. The zero-order valence-electron chi connectivity index (χ0n) is 18.3. The molecule has 0 saturated carbocycles. The van der Waals surface area contributed by atoms with Crippen LogP contribution in [0.1, 0.15) is 21.5 Å². The number of halogens is 1. The van der Waals surface area contributed by atoms with Gasteiger partial charge in [0, 0.05) is 17.2 Å². The first kappa shape index (κ1) is 20.7. The van der Waals surface area contributed by atoms with E-state index in [1.54, 1.807) is 46.0 Å². The van der Waals surface area contributed by atoms with Gasteiger partial charge in [-0.05, 0) is 23.8 Å². The molecule has 0 bridgehead atoms. The van der Waals surface area contributed by atoms with E-state index >= 15 is 0 Å². The Morgan fingerprint density at radius 1 is 1.06 bits per heavy atom. The maximum Gasteiger partial charge on any atom is 0.259 e. The van der Waals surface area contributed by atoms with Crippen molar-refractivity contribution < 1.29 is 13.7 Å². The van der Waals surface area contributed by atoms with E-state index in [4.69, 9.17) is 10.3 Å². The molecule has 1 aliphatic rings. The predicted molar refractivity (Wildman–Crippen MR) is 126 cm³/mol. The molecule has 5 aromatic rings. The van der Waals surface area contributed by atoms with Crippen molar-refractivity contribution in [2.45, 2.75) is 13.1 Å². The molecular formula is C25H18FN7O2. The summed E-state index contributed by atoms with van der Waals surface area (Å²) in [6.45, 7) is 0.568. The first-order chi connectivity index (χ1) is 17.1. The average molecular weight is 467 g/mol. The summed E-state index contributed by atoms with van der Waals surface area (Å²) in [4.78, 5) is 23.3. The molecule has 172 valence electrons. The molecule has 35 heavy (non-hydrogen) atoms. The van der Waals surface area contributed by atoms with E-state index in [0.717, 1.165) is 5.56 Å². The van der Waals surface area contributed by atoms with Gasteiger partial charge in [-0.25, -0.2) is 14.4 Å². The lowest BCUT2D eigenvalue weighted by molar-refractivity contribution is 0.0996. The number of fused-ring (bicyclic) bond motifs is 1. The maximum atomic E-state index is 14.3. The number of anilines is 2. The summed E-state index contributed by atoms with van der Waals surface area (Å²) in [5.74, 6) is -0.0573. The monoisotopic (exact) mass is 467 g/mol. The molecule has 1 aliphatic heterocycles. The van der Waals surface area contributed by atoms with Crippen LogP contribution in [0.4, 0.5) is 15.9 Å². The van der Waals surface area contributed by atoms with Crippen molar-refractivity contribution in [3.63, 3.8) is 0 Å². The van der Waals surface area contributed by atoms with Crippen molar-refractivity contribution in [2.24, 2.45) is 0 Å². The Hall–Kier alpha value is -4.86. The Balaban J connectivity index is 1.36. The van der Waals surface area contributed by atoms with Crippen molar-refractivity contribution in [1.29, 1.82) is 0 Å². The van der Waals surface area contributed by atoms with Gasteiger partial charge in [0.1, 0.15) is 29.2 Å². The van der Waals surface area contributed by atoms with E-state index in [9.17, 15) is 9.18 Å². The van der Waals surface area contributed by atoms with Gasteiger partial charge in [-0.3, -0.25) is 14.4 Å². The van der Waals surface area contributed by atoms with Crippen molar-refractivity contribution in [2.75, 3.05) is 10.6 Å². The van der Waals surface area contributed by atoms with Crippen LogP contribution in [0.5, 0.6) is 0 Å². The van der Waals surface area contributed by atoms with Crippen LogP contribution in [0, 0.1) is 5.82 Å². The predicted octanol–water partition coefficient (Wildman–Crippen LogP) is 3.93. The van der Waals surface area contributed by atoms with E-state index in [-0.39, 0.29) is 29.9 Å². The second kappa shape index (κ2) is 8.17. The molecule has 2 aromatic carbocycles. The Bertz CT molecular complexity index is 1560. The van der Waals surface area contributed by atoms with Crippen LogP contribution in [-0.4, -0.2) is 30.8 Å². The van der Waals surface area contributed by atoms with Gasteiger partial charge in [0.15, 0.2) is 11.6 Å². The minimum absolute atomic E-state index is 0.147. The highest BCUT2D eigenvalue weighted by Gasteiger charge is 2.30. The van der Waals surface area contributed by atoms with Gasteiger partial charge in [-0.2, -0.15) is 5.10 Å². The van der Waals surface area contributed by atoms with Gasteiger partial charge in [-0.15, -0.1) is 0 Å². The second-order valence-electron chi connectivity index (χ2n) is 8.06. The zero-order chi connectivity index (χ0) is 23.9. The van der Waals surface area contributed by atoms with Crippen molar-refractivity contribution in [1.82, 2.24) is 24.9 Å². The number of aromatic nitrogens is 5. The zero-order valence-corrected chi connectivity index (χ0v) is 18.3. The number of hydrogen-bond donors (Lipinski definition) is 1. The van der Waals surface area contributed by atoms with Gasteiger partial charge in [0.25, 0.3) is 5.91 Å². The average Bonchev–Trinajstić information content (AvgIpc) is 3.60. The van der Waals surface area contributed by atoms with Gasteiger partial charge in [0.2, 0.25) is 0 Å². The number of nitrogens with two attached hydrogens (primary N) is 1. The summed E-state index contributed by atoms with van der Waals surface area (Å²) in [5.41, 5.74) is 10.3. The van der Waals surface area contributed by atoms with E-state index in [2.05, 4.69) is 20.2 Å². The van der Waals surface area contributed by atoms with Gasteiger partial charge < -0.3 is 10.3 Å². The van der Waals surface area contributed by atoms with Crippen LogP contribution in [0.3, 0.4) is 0 Å². The number of benzene rings is 2. The number of rotatable bonds is 5. The lowest BCUT2D eigenvalue weighted by atomic mass is 10.1. The first-order valence-electron chi connectivity index (χ1n) is 10.8. The molecule has 3 aromatic heterocycles. The van der Waals surface area contributed by atoms with E-state index in [1.807, 2.05) is 18.2 Å². The van der Waals surface area contributed by atoms with E-state index in [0.29, 0.717) is 40.4 Å². The maximum absolute atomic E-state index is 14.3. The van der Waals surface area contributed by atoms with Crippen LogP contribution in [0.15, 0.2) is 77.6 Å². The molecule has 0 unspecified atom stereocenters. The smallest absolute Gasteiger partial charge is 0.259 e. The minimum atomic E-state index is -0.336. The lowest BCUT2D eigenvalue weighted by Crippen LogP contribution is -2.24. The van der Waals surface area contributed by atoms with Gasteiger partial charge in [-0.1, -0.05) is 41.6 Å². The molecule has 2 N–H and O–H groups in total. The molecule has 0 spiro atoms.